The Kier molecular flexibility index (Phi) is 7.50. The van der Waals surface area contributed by atoms with Crippen molar-refractivity contribution in [1.29, 1.82) is 0 Å². The summed E-state index contributed by atoms with van der Waals surface area (Å²) in [7, 11) is 0. The number of hydrogen-bond acceptors (Lipinski definition) is 5. The van der Waals surface area contributed by atoms with Crippen molar-refractivity contribution in [3.8, 4) is 0 Å². The molecule has 1 aliphatic rings. The molecule has 1 aromatic heterocycles. The van der Waals surface area contributed by atoms with E-state index in [1.54, 1.807) is 16.2 Å². The molecular formula is C23H26N2O2S3. The Balaban J connectivity index is 1.58. The lowest BCUT2D eigenvalue weighted by Gasteiger charge is -2.36. The molecule has 1 aromatic carbocycles. The molecule has 0 aliphatic carbocycles. The number of carbonyl (C=O) groups is 2. The molecular weight excluding hydrogens is 432 g/mol. The van der Waals surface area contributed by atoms with Gasteiger partial charge in [-0.25, -0.2) is 0 Å². The van der Waals surface area contributed by atoms with E-state index in [0.29, 0.717) is 35.2 Å². The topological polar surface area (TPSA) is 40.6 Å². The van der Waals surface area contributed by atoms with Crippen LogP contribution in [0.2, 0.25) is 0 Å². The number of rotatable bonds is 7. The van der Waals surface area contributed by atoms with Crippen molar-refractivity contribution in [1.82, 2.24) is 9.80 Å². The van der Waals surface area contributed by atoms with Crippen molar-refractivity contribution in [2.75, 3.05) is 6.54 Å². The third kappa shape index (κ3) is 5.80. The van der Waals surface area contributed by atoms with Crippen LogP contribution in [0.5, 0.6) is 0 Å². The molecule has 1 aliphatic heterocycles. The van der Waals surface area contributed by atoms with E-state index in [1.165, 1.54) is 11.8 Å². The summed E-state index contributed by atoms with van der Waals surface area (Å²) in [5.41, 5.74) is 0.828. The normalized spacial score (nSPS) is 15.8. The van der Waals surface area contributed by atoms with Gasteiger partial charge in [0.15, 0.2) is 0 Å². The molecule has 0 saturated carbocycles. The fraction of sp³-hybridized carbons (Fsp3) is 0.348. The monoisotopic (exact) mass is 458 g/mol. The average molecular weight is 459 g/mol. The molecule has 2 heterocycles. The van der Waals surface area contributed by atoms with Crippen molar-refractivity contribution in [2.45, 2.75) is 45.7 Å². The summed E-state index contributed by atoms with van der Waals surface area (Å²) in [6.45, 7) is 7.18. The van der Waals surface area contributed by atoms with Gasteiger partial charge in [0.2, 0.25) is 5.91 Å². The first-order valence-electron chi connectivity index (χ1n) is 9.89. The summed E-state index contributed by atoms with van der Waals surface area (Å²) in [5.74, 6) is 0.0220. The van der Waals surface area contributed by atoms with Crippen molar-refractivity contribution in [3.63, 3.8) is 0 Å². The van der Waals surface area contributed by atoms with Crippen LogP contribution in [0, 0.1) is 0 Å². The molecule has 4 nitrogen and oxygen atoms in total. The molecule has 0 N–H and O–H groups in total. The summed E-state index contributed by atoms with van der Waals surface area (Å²) >= 11 is 8.32. The molecule has 7 heteroatoms. The minimum atomic E-state index is -0.280. The van der Waals surface area contributed by atoms with Crippen LogP contribution >= 0.6 is 35.3 Å². The van der Waals surface area contributed by atoms with Gasteiger partial charge in [-0.1, -0.05) is 60.4 Å². The van der Waals surface area contributed by atoms with Gasteiger partial charge in [-0.3, -0.25) is 14.5 Å². The zero-order chi connectivity index (χ0) is 21.7. The second-order valence-corrected chi connectivity index (χ2v) is 10.7. The van der Waals surface area contributed by atoms with Gasteiger partial charge in [0.05, 0.1) is 4.91 Å². The van der Waals surface area contributed by atoms with Gasteiger partial charge in [-0.15, -0.1) is 11.3 Å². The number of benzene rings is 1. The summed E-state index contributed by atoms with van der Waals surface area (Å²) in [5, 5.41) is 1.98. The van der Waals surface area contributed by atoms with Crippen molar-refractivity contribution in [2.24, 2.45) is 0 Å². The maximum Gasteiger partial charge on any atom is 0.266 e. The van der Waals surface area contributed by atoms with E-state index in [1.807, 2.05) is 79.6 Å². The van der Waals surface area contributed by atoms with Crippen LogP contribution in [0.1, 0.15) is 44.1 Å². The maximum absolute atomic E-state index is 13.0. The highest BCUT2D eigenvalue weighted by Gasteiger charge is 2.32. The van der Waals surface area contributed by atoms with Crippen molar-refractivity contribution < 1.29 is 9.59 Å². The van der Waals surface area contributed by atoms with Gasteiger partial charge in [-0.05, 0) is 50.3 Å². The van der Waals surface area contributed by atoms with E-state index in [2.05, 4.69) is 0 Å². The molecule has 1 saturated heterocycles. The standard InChI is InChI=1S/C23H26N2O2S3/c1-23(2,3)25(16-17-9-5-4-6-10-17)20(26)12-7-13-24-21(27)19(30-22(24)28)15-18-11-8-14-29-18/h4-6,8-11,14-15H,7,12-13,16H2,1-3H3/b19-15-. The SMILES string of the molecule is CC(C)(C)N(Cc1ccccc1)C(=O)CCCN1C(=O)/C(=C/c2cccs2)SC1=S. The molecule has 0 unspecified atom stereocenters. The molecule has 158 valence electrons. The maximum atomic E-state index is 13.0. The summed E-state index contributed by atoms with van der Waals surface area (Å²) in [4.78, 5) is 30.9. The second-order valence-electron chi connectivity index (χ2n) is 8.09. The van der Waals surface area contributed by atoms with Crippen LogP contribution in [0.25, 0.3) is 6.08 Å². The fourth-order valence-electron chi connectivity index (χ4n) is 3.18. The minimum absolute atomic E-state index is 0.0668. The third-order valence-corrected chi connectivity index (χ3v) is 6.95. The molecule has 0 bridgehead atoms. The highest BCUT2D eigenvalue weighted by Crippen LogP contribution is 2.33. The highest BCUT2D eigenvalue weighted by molar-refractivity contribution is 8.26. The lowest BCUT2D eigenvalue weighted by atomic mass is 10.0. The Morgan fingerprint density at radius 1 is 1.17 bits per heavy atom. The second kappa shape index (κ2) is 9.90. The van der Waals surface area contributed by atoms with Crippen LogP contribution in [-0.2, 0) is 16.1 Å². The number of thioether (sulfide) groups is 1. The lowest BCUT2D eigenvalue weighted by molar-refractivity contribution is -0.137. The first-order valence-corrected chi connectivity index (χ1v) is 12.0. The Morgan fingerprint density at radius 3 is 2.53 bits per heavy atom. The first kappa shape index (κ1) is 22.7. The predicted octanol–water partition coefficient (Wildman–Crippen LogP) is 5.56. The average Bonchev–Trinajstić information content (AvgIpc) is 3.29. The Hall–Kier alpha value is -1.96. The number of thiocarbonyl (C=S) groups is 1. The minimum Gasteiger partial charge on any atom is -0.334 e. The van der Waals surface area contributed by atoms with Gasteiger partial charge < -0.3 is 4.90 Å². The van der Waals surface area contributed by atoms with E-state index in [-0.39, 0.29) is 17.4 Å². The van der Waals surface area contributed by atoms with Gasteiger partial charge in [0.1, 0.15) is 4.32 Å². The van der Waals surface area contributed by atoms with E-state index in [0.717, 1.165) is 10.4 Å². The highest BCUT2D eigenvalue weighted by atomic mass is 32.2. The molecule has 1 fully saturated rings. The summed E-state index contributed by atoms with van der Waals surface area (Å²) in [6.07, 6.45) is 2.85. The number of hydrogen-bond donors (Lipinski definition) is 0. The zero-order valence-corrected chi connectivity index (χ0v) is 19.9. The molecule has 0 radical (unpaired) electrons. The molecule has 2 aromatic rings. The van der Waals surface area contributed by atoms with E-state index in [4.69, 9.17) is 12.2 Å². The number of nitrogens with zero attached hydrogens (tertiary/aromatic N) is 2. The van der Waals surface area contributed by atoms with Crippen molar-refractivity contribution >= 4 is 57.5 Å². The number of thiophene rings is 1. The summed E-state index contributed by atoms with van der Waals surface area (Å²) in [6, 6.07) is 13.9. The quantitative estimate of drug-likeness (QED) is 0.402. The van der Waals surface area contributed by atoms with Crippen LogP contribution in [0.3, 0.4) is 0 Å². The van der Waals surface area contributed by atoms with Gasteiger partial charge in [-0.2, -0.15) is 0 Å². The van der Waals surface area contributed by atoms with Gasteiger partial charge in [0, 0.05) is 29.9 Å². The van der Waals surface area contributed by atoms with Crippen LogP contribution in [0.4, 0.5) is 0 Å². The molecule has 0 atom stereocenters. The van der Waals surface area contributed by atoms with Crippen LogP contribution in [-0.4, -0.2) is 38.0 Å². The molecule has 0 spiro atoms. The Morgan fingerprint density at radius 2 is 1.90 bits per heavy atom. The zero-order valence-electron chi connectivity index (χ0n) is 17.5. The smallest absolute Gasteiger partial charge is 0.266 e. The summed E-state index contributed by atoms with van der Waals surface area (Å²) < 4.78 is 0.562. The van der Waals surface area contributed by atoms with Gasteiger partial charge in [0.25, 0.3) is 5.91 Å². The van der Waals surface area contributed by atoms with Crippen LogP contribution in [0.15, 0.2) is 52.7 Å². The first-order chi connectivity index (χ1) is 14.3. The third-order valence-electron chi connectivity index (χ3n) is 4.76. The largest absolute Gasteiger partial charge is 0.334 e. The Labute approximate surface area is 192 Å². The van der Waals surface area contributed by atoms with E-state index in [9.17, 15) is 9.59 Å². The van der Waals surface area contributed by atoms with E-state index >= 15 is 0 Å². The number of carbonyl (C=O) groups excluding carboxylic acids is 2. The van der Waals surface area contributed by atoms with Gasteiger partial charge >= 0.3 is 0 Å². The molecule has 3 rings (SSSR count). The van der Waals surface area contributed by atoms with Crippen LogP contribution < -0.4 is 0 Å². The molecule has 2 amide bonds. The van der Waals surface area contributed by atoms with Crippen molar-refractivity contribution in [3.05, 3.63) is 63.2 Å². The fourth-order valence-corrected chi connectivity index (χ4v) is 5.22. The Bertz CT molecular complexity index is 931. The predicted molar refractivity (Wildman–Crippen MR) is 130 cm³/mol. The molecule has 30 heavy (non-hydrogen) atoms. The lowest BCUT2D eigenvalue weighted by Crippen LogP contribution is -2.45. The van der Waals surface area contributed by atoms with E-state index < -0.39 is 0 Å². The number of amides is 2.